The fraction of sp³-hybridized carbons (Fsp3) is 0.133. The lowest BCUT2D eigenvalue weighted by atomic mass is 10.1. The maximum Gasteiger partial charge on any atom is 0.262 e. The van der Waals surface area contributed by atoms with Crippen LogP contribution in [-0.2, 0) is 11.3 Å². The van der Waals surface area contributed by atoms with Crippen molar-refractivity contribution in [3.8, 4) is 5.75 Å². The molecule has 0 radical (unpaired) electrons. The number of hydrogen-bond acceptors (Lipinski definition) is 3. The van der Waals surface area contributed by atoms with Gasteiger partial charge in [0, 0.05) is 11.0 Å². The Morgan fingerprint density at radius 2 is 2.14 bits per heavy atom. The van der Waals surface area contributed by atoms with Gasteiger partial charge in [0.25, 0.3) is 5.91 Å². The minimum Gasteiger partial charge on any atom is -0.482 e. The van der Waals surface area contributed by atoms with Crippen molar-refractivity contribution in [1.29, 1.82) is 0 Å². The van der Waals surface area contributed by atoms with Crippen LogP contribution in [0.5, 0.6) is 5.75 Å². The molecular weight excluding hydrogens is 339 g/mol. The molecular formula is C15H12BrFN2O2. The maximum atomic E-state index is 13.7. The predicted molar refractivity (Wildman–Crippen MR) is 82.0 cm³/mol. The second kappa shape index (κ2) is 5.73. The monoisotopic (exact) mass is 350 g/mol. The molecule has 21 heavy (non-hydrogen) atoms. The first-order valence-corrected chi connectivity index (χ1v) is 7.15. The van der Waals surface area contributed by atoms with Gasteiger partial charge in [-0.05, 0) is 35.9 Å². The minimum atomic E-state index is -0.320. The Kier molecular flexibility index (Phi) is 3.79. The smallest absolute Gasteiger partial charge is 0.262 e. The van der Waals surface area contributed by atoms with Crippen molar-refractivity contribution in [3.05, 3.63) is 52.3 Å². The highest BCUT2D eigenvalue weighted by molar-refractivity contribution is 9.10. The Morgan fingerprint density at radius 1 is 1.29 bits per heavy atom. The summed E-state index contributed by atoms with van der Waals surface area (Å²) in [5, 5.41) is 5.77. The average Bonchev–Trinajstić information content (AvgIpc) is 2.46. The van der Waals surface area contributed by atoms with Crippen LogP contribution in [0.25, 0.3) is 0 Å². The third-order valence-corrected chi connectivity index (χ3v) is 3.58. The number of nitrogens with one attached hydrogen (secondary N) is 2. The van der Waals surface area contributed by atoms with Gasteiger partial charge < -0.3 is 15.4 Å². The van der Waals surface area contributed by atoms with Crippen LogP contribution in [0.4, 0.5) is 15.8 Å². The fourth-order valence-corrected chi connectivity index (χ4v) is 2.40. The number of carbonyl (C=O) groups is 1. The first kappa shape index (κ1) is 13.9. The van der Waals surface area contributed by atoms with E-state index in [2.05, 4.69) is 26.6 Å². The first-order chi connectivity index (χ1) is 10.1. The summed E-state index contributed by atoms with van der Waals surface area (Å²) < 4.78 is 19.7. The molecule has 108 valence electrons. The lowest BCUT2D eigenvalue weighted by Crippen LogP contribution is -2.25. The number of carbonyl (C=O) groups excluding carboxylic acids is 1. The Balaban J connectivity index is 1.73. The molecule has 0 fully saturated rings. The van der Waals surface area contributed by atoms with E-state index in [0.717, 1.165) is 5.56 Å². The molecule has 4 nitrogen and oxygen atoms in total. The zero-order valence-corrected chi connectivity index (χ0v) is 12.5. The molecule has 2 aromatic rings. The topological polar surface area (TPSA) is 50.4 Å². The average molecular weight is 351 g/mol. The normalized spacial score (nSPS) is 13.1. The Labute approximate surface area is 129 Å². The van der Waals surface area contributed by atoms with Crippen molar-refractivity contribution < 1.29 is 13.9 Å². The molecule has 1 amide bonds. The molecule has 0 aliphatic carbocycles. The number of benzene rings is 2. The molecule has 6 heteroatoms. The van der Waals surface area contributed by atoms with Crippen LogP contribution in [-0.4, -0.2) is 12.5 Å². The SMILES string of the molecule is O=C1COc2ccc(CNc3ccc(Br)cc3F)cc2N1. The molecule has 1 aliphatic rings. The number of ether oxygens (including phenoxy) is 1. The molecule has 0 bridgehead atoms. The third kappa shape index (κ3) is 3.16. The summed E-state index contributed by atoms with van der Waals surface area (Å²) >= 11 is 3.22. The summed E-state index contributed by atoms with van der Waals surface area (Å²) in [6, 6.07) is 10.3. The molecule has 0 atom stereocenters. The zero-order chi connectivity index (χ0) is 14.8. The summed E-state index contributed by atoms with van der Waals surface area (Å²) in [4.78, 5) is 11.3. The second-order valence-corrected chi connectivity index (χ2v) is 5.56. The van der Waals surface area contributed by atoms with Gasteiger partial charge >= 0.3 is 0 Å². The van der Waals surface area contributed by atoms with E-state index in [9.17, 15) is 9.18 Å². The van der Waals surface area contributed by atoms with E-state index in [-0.39, 0.29) is 18.3 Å². The minimum absolute atomic E-state index is 0.0364. The van der Waals surface area contributed by atoms with Gasteiger partial charge in [-0.2, -0.15) is 0 Å². The van der Waals surface area contributed by atoms with E-state index < -0.39 is 0 Å². The number of anilines is 2. The Hall–Kier alpha value is -2.08. The highest BCUT2D eigenvalue weighted by atomic mass is 79.9. The zero-order valence-electron chi connectivity index (χ0n) is 11.0. The van der Waals surface area contributed by atoms with Gasteiger partial charge in [0.15, 0.2) is 6.61 Å². The quantitative estimate of drug-likeness (QED) is 0.890. The van der Waals surface area contributed by atoms with Crippen molar-refractivity contribution in [2.75, 3.05) is 17.2 Å². The summed E-state index contributed by atoms with van der Waals surface area (Å²) in [5.41, 5.74) is 1.99. The lowest BCUT2D eigenvalue weighted by Gasteiger charge is -2.18. The Morgan fingerprint density at radius 3 is 2.95 bits per heavy atom. The lowest BCUT2D eigenvalue weighted by molar-refractivity contribution is -0.118. The molecule has 2 aromatic carbocycles. The second-order valence-electron chi connectivity index (χ2n) is 4.65. The van der Waals surface area contributed by atoms with Crippen LogP contribution in [0.3, 0.4) is 0 Å². The van der Waals surface area contributed by atoms with E-state index in [1.807, 2.05) is 12.1 Å². The summed E-state index contributed by atoms with van der Waals surface area (Å²) in [6.45, 7) is 0.483. The van der Waals surface area contributed by atoms with Crippen molar-refractivity contribution in [2.45, 2.75) is 6.54 Å². The molecule has 0 spiro atoms. The van der Waals surface area contributed by atoms with Crippen LogP contribution in [0, 0.1) is 5.82 Å². The molecule has 0 aromatic heterocycles. The summed E-state index contributed by atoms with van der Waals surface area (Å²) in [5.74, 6) is 0.152. The van der Waals surface area contributed by atoms with Gasteiger partial charge in [0.1, 0.15) is 11.6 Å². The fourth-order valence-electron chi connectivity index (χ4n) is 2.07. The van der Waals surface area contributed by atoms with E-state index in [1.165, 1.54) is 6.07 Å². The molecule has 3 rings (SSSR count). The van der Waals surface area contributed by atoms with Gasteiger partial charge in [0.2, 0.25) is 0 Å². The molecule has 0 saturated carbocycles. The number of hydrogen-bond donors (Lipinski definition) is 2. The van der Waals surface area contributed by atoms with E-state index >= 15 is 0 Å². The summed E-state index contributed by atoms with van der Waals surface area (Å²) in [7, 11) is 0. The molecule has 2 N–H and O–H groups in total. The molecule has 1 heterocycles. The first-order valence-electron chi connectivity index (χ1n) is 6.36. The molecule has 1 aliphatic heterocycles. The predicted octanol–water partition coefficient (Wildman–Crippen LogP) is 3.53. The highest BCUT2D eigenvalue weighted by Crippen LogP contribution is 2.29. The van der Waals surface area contributed by atoms with Crippen LogP contribution < -0.4 is 15.4 Å². The van der Waals surface area contributed by atoms with Crippen LogP contribution in [0.1, 0.15) is 5.56 Å². The molecule has 0 unspecified atom stereocenters. The number of amides is 1. The van der Waals surface area contributed by atoms with Crippen molar-refractivity contribution >= 4 is 33.2 Å². The largest absolute Gasteiger partial charge is 0.482 e. The van der Waals surface area contributed by atoms with E-state index in [4.69, 9.17) is 4.74 Å². The van der Waals surface area contributed by atoms with Gasteiger partial charge in [-0.3, -0.25) is 4.79 Å². The van der Waals surface area contributed by atoms with Crippen LogP contribution in [0.15, 0.2) is 40.9 Å². The van der Waals surface area contributed by atoms with Gasteiger partial charge in [-0.15, -0.1) is 0 Å². The van der Waals surface area contributed by atoms with Gasteiger partial charge in [0.05, 0.1) is 11.4 Å². The van der Waals surface area contributed by atoms with Crippen molar-refractivity contribution in [2.24, 2.45) is 0 Å². The summed E-state index contributed by atoms with van der Waals surface area (Å²) in [6.07, 6.45) is 0. The van der Waals surface area contributed by atoms with Crippen LogP contribution in [0.2, 0.25) is 0 Å². The number of fused-ring (bicyclic) bond motifs is 1. The van der Waals surface area contributed by atoms with Crippen molar-refractivity contribution in [3.63, 3.8) is 0 Å². The van der Waals surface area contributed by atoms with E-state index in [1.54, 1.807) is 18.2 Å². The number of halogens is 2. The van der Waals surface area contributed by atoms with Crippen LogP contribution >= 0.6 is 15.9 Å². The molecule has 0 saturated heterocycles. The van der Waals surface area contributed by atoms with Gasteiger partial charge in [-0.1, -0.05) is 22.0 Å². The maximum absolute atomic E-state index is 13.7. The van der Waals surface area contributed by atoms with Crippen molar-refractivity contribution in [1.82, 2.24) is 0 Å². The number of rotatable bonds is 3. The standard InChI is InChI=1S/C15H12BrFN2O2/c16-10-2-3-12(11(17)6-10)18-7-9-1-4-14-13(5-9)19-15(20)8-21-14/h1-6,18H,7-8H2,(H,19,20). The van der Waals surface area contributed by atoms with E-state index in [0.29, 0.717) is 28.1 Å². The Bertz CT molecular complexity index is 706. The highest BCUT2D eigenvalue weighted by Gasteiger charge is 2.15. The third-order valence-electron chi connectivity index (χ3n) is 3.09. The van der Waals surface area contributed by atoms with Gasteiger partial charge in [-0.25, -0.2) is 4.39 Å².